The number of ether oxygens (including phenoxy) is 1. The molecule has 200 valence electrons. The van der Waals surface area contributed by atoms with Crippen LogP contribution >= 0.6 is 38.9 Å². The minimum Gasteiger partial charge on any atom is -0.488 e. The molecular formula is C31H24BrClN4O2S. The summed E-state index contributed by atoms with van der Waals surface area (Å²) in [5, 5.41) is 10.8. The quantitative estimate of drug-likeness (QED) is 0.126. The number of benzene rings is 4. The van der Waals surface area contributed by atoms with Crippen molar-refractivity contribution in [2.75, 3.05) is 5.32 Å². The number of hydrogen-bond donors (Lipinski definition) is 2. The van der Waals surface area contributed by atoms with Crippen LogP contribution in [-0.4, -0.2) is 17.1 Å². The number of nitrogens with one attached hydrogen (secondary N) is 2. The highest BCUT2D eigenvalue weighted by molar-refractivity contribution is 9.10. The van der Waals surface area contributed by atoms with Gasteiger partial charge >= 0.3 is 0 Å². The van der Waals surface area contributed by atoms with E-state index in [1.165, 1.54) is 23.1 Å². The first-order valence-corrected chi connectivity index (χ1v) is 14.4. The molecule has 5 rings (SSSR count). The van der Waals surface area contributed by atoms with E-state index >= 15 is 0 Å². The molecule has 0 saturated heterocycles. The van der Waals surface area contributed by atoms with E-state index in [0.717, 1.165) is 32.1 Å². The first-order valence-electron chi connectivity index (χ1n) is 12.3. The van der Waals surface area contributed by atoms with Crippen molar-refractivity contribution in [1.82, 2.24) is 10.4 Å². The number of halogens is 2. The fraction of sp³-hybridized carbons (Fsp3) is 0.0645. The lowest BCUT2D eigenvalue weighted by atomic mass is 10.1. The SMILES string of the molecule is Cc1ccc(Nc2nc(-c3ccc(C(=O)N/N=C\c4cc(Cl)ccc4OCc4ccc(Br)cc4)cc3)cs2)cc1. The smallest absolute Gasteiger partial charge is 0.271 e. The molecule has 2 N–H and O–H groups in total. The van der Waals surface area contributed by atoms with Gasteiger partial charge in [0.25, 0.3) is 5.91 Å². The Morgan fingerprint density at radius 2 is 1.77 bits per heavy atom. The Hall–Kier alpha value is -3.98. The maximum atomic E-state index is 12.7. The molecule has 1 heterocycles. The average molecular weight is 632 g/mol. The van der Waals surface area contributed by atoms with Crippen LogP contribution in [0.1, 0.15) is 27.0 Å². The van der Waals surface area contributed by atoms with Crippen LogP contribution < -0.4 is 15.5 Å². The first-order chi connectivity index (χ1) is 19.4. The third-order valence-corrected chi connectivity index (χ3v) is 7.42. The van der Waals surface area contributed by atoms with E-state index in [1.54, 1.807) is 30.3 Å². The lowest BCUT2D eigenvalue weighted by Gasteiger charge is -2.10. The van der Waals surface area contributed by atoms with Gasteiger partial charge in [-0.15, -0.1) is 11.3 Å². The molecule has 0 radical (unpaired) electrons. The lowest BCUT2D eigenvalue weighted by Crippen LogP contribution is -2.17. The van der Waals surface area contributed by atoms with E-state index in [-0.39, 0.29) is 5.91 Å². The van der Waals surface area contributed by atoms with Crippen molar-refractivity contribution in [2.45, 2.75) is 13.5 Å². The molecule has 0 unspecified atom stereocenters. The molecule has 0 aliphatic rings. The molecule has 1 amide bonds. The molecule has 0 bridgehead atoms. The van der Waals surface area contributed by atoms with Crippen LogP contribution in [-0.2, 0) is 6.61 Å². The van der Waals surface area contributed by atoms with Gasteiger partial charge in [0.1, 0.15) is 12.4 Å². The van der Waals surface area contributed by atoms with Crippen molar-refractivity contribution in [3.05, 3.63) is 128 Å². The summed E-state index contributed by atoms with van der Waals surface area (Å²) < 4.78 is 6.97. The zero-order chi connectivity index (χ0) is 27.9. The van der Waals surface area contributed by atoms with E-state index in [0.29, 0.717) is 28.5 Å². The molecule has 1 aromatic heterocycles. The summed E-state index contributed by atoms with van der Waals surface area (Å²) in [4.78, 5) is 17.4. The summed E-state index contributed by atoms with van der Waals surface area (Å²) in [6, 6.07) is 28.5. The second-order valence-electron chi connectivity index (χ2n) is 8.90. The Bertz CT molecular complexity index is 1640. The fourth-order valence-corrected chi connectivity index (χ4v) is 4.92. The second-order valence-corrected chi connectivity index (χ2v) is 11.1. The van der Waals surface area contributed by atoms with Gasteiger partial charge in [0.2, 0.25) is 0 Å². The molecular weight excluding hydrogens is 608 g/mol. The van der Waals surface area contributed by atoms with Crippen LogP contribution in [0.4, 0.5) is 10.8 Å². The van der Waals surface area contributed by atoms with E-state index < -0.39 is 0 Å². The van der Waals surface area contributed by atoms with E-state index in [4.69, 9.17) is 16.3 Å². The van der Waals surface area contributed by atoms with Crippen molar-refractivity contribution in [3.63, 3.8) is 0 Å². The molecule has 9 heteroatoms. The number of aryl methyl sites for hydroxylation is 1. The van der Waals surface area contributed by atoms with Crippen molar-refractivity contribution >= 4 is 61.8 Å². The van der Waals surface area contributed by atoms with Gasteiger partial charge in [0.15, 0.2) is 5.13 Å². The number of aromatic nitrogens is 1. The fourth-order valence-electron chi connectivity index (χ4n) is 3.73. The number of amides is 1. The van der Waals surface area contributed by atoms with Crippen molar-refractivity contribution in [2.24, 2.45) is 5.10 Å². The highest BCUT2D eigenvalue weighted by Crippen LogP contribution is 2.28. The number of anilines is 2. The number of rotatable bonds is 9. The summed E-state index contributed by atoms with van der Waals surface area (Å²) in [5.41, 5.74) is 8.67. The topological polar surface area (TPSA) is 75.6 Å². The van der Waals surface area contributed by atoms with Crippen LogP contribution in [0.2, 0.25) is 5.02 Å². The monoisotopic (exact) mass is 630 g/mol. The Morgan fingerprint density at radius 1 is 1.02 bits per heavy atom. The molecule has 0 aliphatic heterocycles. The minimum atomic E-state index is -0.331. The first kappa shape index (κ1) is 27.6. The van der Waals surface area contributed by atoms with Crippen LogP contribution in [0.5, 0.6) is 5.75 Å². The Balaban J connectivity index is 1.19. The van der Waals surface area contributed by atoms with E-state index in [1.807, 2.05) is 53.9 Å². The number of carbonyl (C=O) groups is 1. The Labute approximate surface area is 249 Å². The van der Waals surface area contributed by atoms with Gasteiger partial charge < -0.3 is 10.1 Å². The maximum absolute atomic E-state index is 12.7. The van der Waals surface area contributed by atoms with Crippen LogP contribution in [0.3, 0.4) is 0 Å². The molecule has 4 aromatic carbocycles. The largest absolute Gasteiger partial charge is 0.488 e. The van der Waals surface area contributed by atoms with Crippen LogP contribution in [0.25, 0.3) is 11.3 Å². The van der Waals surface area contributed by atoms with Gasteiger partial charge in [-0.3, -0.25) is 4.79 Å². The predicted octanol–water partition coefficient (Wildman–Crippen LogP) is 8.62. The normalized spacial score (nSPS) is 11.0. The third-order valence-electron chi connectivity index (χ3n) is 5.90. The molecule has 0 spiro atoms. The summed E-state index contributed by atoms with van der Waals surface area (Å²) in [6.07, 6.45) is 1.52. The van der Waals surface area contributed by atoms with Gasteiger partial charge in [-0.25, -0.2) is 10.4 Å². The highest BCUT2D eigenvalue weighted by atomic mass is 79.9. The molecule has 6 nitrogen and oxygen atoms in total. The zero-order valence-electron chi connectivity index (χ0n) is 21.4. The molecule has 5 aromatic rings. The standard InChI is InChI=1S/C31H24BrClN4O2S/c1-20-2-13-27(14-3-20)35-31-36-28(19-40-31)22-6-8-23(9-7-22)30(38)37-34-17-24-16-26(33)12-15-29(24)39-18-21-4-10-25(32)11-5-21/h2-17,19H,18H2,1H3,(H,35,36)(H,37,38)/b34-17-. The third kappa shape index (κ3) is 7.35. The highest BCUT2D eigenvalue weighted by Gasteiger charge is 2.09. The van der Waals surface area contributed by atoms with Crippen LogP contribution in [0, 0.1) is 6.92 Å². The van der Waals surface area contributed by atoms with Crippen molar-refractivity contribution in [1.29, 1.82) is 0 Å². The predicted molar refractivity (Wildman–Crippen MR) is 167 cm³/mol. The number of hydrazone groups is 1. The number of nitrogens with zero attached hydrogens (tertiary/aromatic N) is 2. The Kier molecular flexibility index (Phi) is 8.91. The van der Waals surface area contributed by atoms with Gasteiger partial charge in [0.05, 0.1) is 11.9 Å². The molecule has 40 heavy (non-hydrogen) atoms. The van der Waals surface area contributed by atoms with E-state index in [2.05, 4.69) is 55.8 Å². The molecule has 0 saturated carbocycles. The van der Waals surface area contributed by atoms with Crippen molar-refractivity contribution < 1.29 is 9.53 Å². The lowest BCUT2D eigenvalue weighted by molar-refractivity contribution is 0.0955. The summed E-state index contributed by atoms with van der Waals surface area (Å²) in [5.74, 6) is 0.274. The average Bonchev–Trinajstić information content (AvgIpc) is 3.43. The number of thiazole rings is 1. The molecule has 0 fully saturated rings. The summed E-state index contributed by atoms with van der Waals surface area (Å²) in [6.45, 7) is 2.44. The zero-order valence-corrected chi connectivity index (χ0v) is 24.6. The summed E-state index contributed by atoms with van der Waals surface area (Å²) >= 11 is 11.1. The second kappa shape index (κ2) is 12.9. The van der Waals surface area contributed by atoms with Gasteiger partial charge in [0, 0.05) is 37.3 Å². The Morgan fingerprint density at radius 3 is 2.52 bits per heavy atom. The van der Waals surface area contributed by atoms with Crippen LogP contribution in [0.15, 0.2) is 106 Å². The number of hydrogen-bond acceptors (Lipinski definition) is 6. The molecule has 0 atom stereocenters. The maximum Gasteiger partial charge on any atom is 0.271 e. The van der Waals surface area contributed by atoms with E-state index in [9.17, 15) is 4.79 Å². The minimum absolute atomic E-state index is 0.331. The van der Waals surface area contributed by atoms with Gasteiger partial charge in [-0.05, 0) is 67.1 Å². The van der Waals surface area contributed by atoms with Crippen molar-refractivity contribution in [3.8, 4) is 17.0 Å². The molecule has 0 aliphatic carbocycles. The van der Waals surface area contributed by atoms with Gasteiger partial charge in [-0.1, -0.05) is 69.5 Å². The summed E-state index contributed by atoms with van der Waals surface area (Å²) in [7, 11) is 0. The van der Waals surface area contributed by atoms with Gasteiger partial charge in [-0.2, -0.15) is 5.10 Å². The number of carbonyl (C=O) groups excluding carboxylic acids is 1.